The molecule has 5 nitrogen and oxygen atoms in total. The molecule has 0 N–H and O–H groups in total. The molecule has 1 saturated carbocycles. The molecule has 1 aliphatic carbocycles. The Labute approximate surface area is 150 Å². The Morgan fingerprint density at radius 3 is 2.65 bits per heavy atom. The molecule has 4 fully saturated rings. The van der Waals surface area contributed by atoms with Crippen molar-refractivity contribution in [2.45, 2.75) is 38.3 Å². The Bertz CT molecular complexity index is 708. The summed E-state index contributed by atoms with van der Waals surface area (Å²) >= 11 is 0. The number of hydrogen-bond donors (Lipinski definition) is 0. The first kappa shape index (κ1) is 17.2. The predicted octanol–water partition coefficient (Wildman–Crippen LogP) is 2.76. The number of fused-ring (bicyclic) bond motifs is 4. The third-order valence-corrected chi connectivity index (χ3v) is 5.57. The lowest BCUT2D eigenvalue weighted by Gasteiger charge is -2.36. The van der Waals surface area contributed by atoms with Gasteiger partial charge < -0.3 is 14.5 Å². The van der Waals surface area contributed by atoms with E-state index in [4.69, 9.17) is 0 Å². The minimum atomic E-state index is -2.99. The molecule has 3 saturated heterocycles. The molecule has 7 heteroatoms. The summed E-state index contributed by atoms with van der Waals surface area (Å²) in [6.07, 6.45) is 4.01. The first-order valence-electron chi connectivity index (χ1n) is 9.16. The molecule has 2 amide bonds. The number of alkyl halides is 2. The largest absolute Gasteiger partial charge is 0.434 e. The molecule has 4 aliphatic rings. The van der Waals surface area contributed by atoms with Gasteiger partial charge in [-0.25, -0.2) is 0 Å². The first-order valence-corrected chi connectivity index (χ1v) is 9.16. The molecule has 5 rings (SSSR count). The van der Waals surface area contributed by atoms with E-state index >= 15 is 0 Å². The number of carbonyl (C=O) groups is 2. The summed E-state index contributed by atoms with van der Waals surface area (Å²) in [5.74, 6) is 0.0762. The zero-order valence-corrected chi connectivity index (χ0v) is 14.4. The molecule has 3 aliphatic heterocycles. The van der Waals surface area contributed by atoms with Gasteiger partial charge in [0.15, 0.2) is 0 Å². The first-order chi connectivity index (χ1) is 12.5. The van der Waals surface area contributed by atoms with Crippen LogP contribution in [0.4, 0.5) is 8.78 Å². The molecule has 2 unspecified atom stereocenters. The van der Waals surface area contributed by atoms with Crippen LogP contribution in [0.25, 0.3) is 0 Å². The molecule has 2 atom stereocenters. The van der Waals surface area contributed by atoms with Crippen LogP contribution in [0.1, 0.15) is 36.0 Å². The van der Waals surface area contributed by atoms with Crippen molar-refractivity contribution in [2.24, 2.45) is 11.8 Å². The molecular weight excluding hydrogens is 342 g/mol. The summed E-state index contributed by atoms with van der Waals surface area (Å²) in [5, 5.41) is 0. The van der Waals surface area contributed by atoms with E-state index < -0.39 is 6.61 Å². The molecular formula is C19H22F2N2O3. The number of amides is 2. The molecule has 0 aromatic heterocycles. The number of hydrogen-bond acceptors (Lipinski definition) is 3. The number of nitrogens with zero attached hydrogens (tertiary/aromatic N) is 2. The van der Waals surface area contributed by atoms with Crippen LogP contribution in [0.3, 0.4) is 0 Å². The van der Waals surface area contributed by atoms with Gasteiger partial charge in [0.05, 0.1) is 11.5 Å². The van der Waals surface area contributed by atoms with Crippen molar-refractivity contribution < 1.29 is 23.1 Å². The van der Waals surface area contributed by atoms with Crippen molar-refractivity contribution in [3.05, 3.63) is 29.8 Å². The number of para-hydroxylation sites is 1. The zero-order valence-electron chi connectivity index (χ0n) is 14.4. The second kappa shape index (κ2) is 6.85. The topological polar surface area (TPSA) is 49.9 Å². The third kappa shape index (κ3) is 3.39. The number of piperidine rings is 1. The SMILES string of the molecule is O=C(c1ccccc1OC(F)F)N1CC2CCC(C1)N(CC1CC1)C2=O. The van der Waals surface area contributed by atoms with E-state index in [-0.39, 0.29) is 35.1 Å². The van der Waals surface area contributed by atoms with Crippen molar-refractivity contribution in [1.82, 2.24) is 9.80 Å². The quantitative estimate of drug-likeness (QED) is 0.807. The molecule has 1 aromatic carbocycles. The zero-order chi connectivity index (χ0) is 18.3. The van der Waals surface area contributed by atoms with Gasteiger partial charge in [0, 0.05) is 25.7 Å². The Morgan fingerprint density at radius 2 is 1.92 bits per heavy atom. The minimum absolute atomic E-state index is 0.0222. The van der Waals surface area contributed by atoms with Crippen LogP contribution < -0.4 is 4.74 Å². The van der Waals surface area contributed by atoms with Crippen LogP contribution in [-0.4, -0.2) is 53.9 Å². The number of rotatable bonds is 5. The fourth-order valence-corrected chi connectivity index (χ4v) is 4.04. The Kier molecular flexibility index (Phi) is 4.54. The highest BCUT2D eigenvalue weighted by Gasteiger charge is 2.43. The van der Waals surface area contributed by atoms with Crippen LogP contribution in [-0.2, 0) is 4.79 Å². The van der Waals surface area contributed by atoms with Crippen LogP contribution in [0, 0.1) is 11.8 Å². The molecule has 2 bridgehead atoms. The standard InChI is InChI=1S/C19H22F2N2O3/c20-19(21)26-16-4-2-1-3-15(16)18(25)22-10-13-7-8-14(11-22)23(17(13)24)9-12-5-6-12/h1-4,12-14,19H,5-11H2. The summed E-state index contributed by atoms with van der Waals surface area (Å²) < 4.78 is 29.8. The smallest absolute Gasteiger partial charge is 0.387 e. The predicted molar refractivity (Wildman–Crippen MR) is 89.9 cm³/mol. The fourth-order valence-electron chi connectivity index (χ4n) is 4.04. The highest BCUT2D eigenvalue weighted by molar-refractivity contribution is 5.97. The van der Waals surface area contributed by atoms with Gasteiger partial charge in [-0.15, -0.1) is 0 Å². The lowest BCUT2D eigenvalue weighted by molar-refractivity contribution is -0.140. The second-order valence-electron chi connectivity index (χ2n) is 7.45. The van der Waals surface area contributed by atoms with Gasteiger partial charge in [0.2, 0.25) is 5.91 Å². The van der Waals surface area contributed by atoms with Gasteiger partial charge in [-0.2, -0.15) is 8.78 Å². The van der Waals surface area contributed by atoms with Crippen LogP contribution >= 0.6 is 0 Å². The fraction of sp³-hybridized carbons (Fsp3) is 0.579. The lowest BCUT2D eigenvalue weighted by atomic mass is 9.94. The number of ether oxygens (including phenoxy) is 1. The van der Waals surface area contributed by atoms with Gasteiger partial charge in [0.1, 0.15) is 5.75 Å². The van der Waals surface area contributed by atoms with E-state index in [1.807, 2.05) is 4.90 Å². The van der Waals surface area contributed by atoms with E-state index in [1.165, 1.54) is 25.0 Å². The van der Waals surface area contributed by atoms with Crippen LogP contribution in [0.2, 0.25) is 0 Å². The van der Waals surface area contributed by atoms with Crippen molar-refractivity contribution in [2.75, 3.05) is 19.6 Å². The molecule has 3 heterocycles. The van der Waals surface area contributed by atoms with Crippen molar-refractivity contribution in [3.8, 4) is 5.75 Å². The normalized spacial score (nSPS) is 25.6. The molecule has 140 valence electrons. The van der Waals surface area contributed by atoms with Gasteiger partial charge >= 0.3 is 6.61 Å². The second-order valence-corrected chi connectivity index (χ2v) is 7.45. The average Bonchev–Trinajstić information content (AvgIpc) is 3.44. The summed E-state index contributed by atoms with van der Waals surface area (Å²) in [4.78, 5) is 29.3. The Balaban J connectivity index is 1.55. The Hall–Kier alpha value is -2.18. The van der Waals surface area contributed by atoms with Crippen molar-refractivity contribution >= 4 is 11.8 Å². The van der Waals surface area contributed by atoms with E-state index in [2.05, 4.69) is 4.74 Å². The molecule has 1 aromatic rings. The van der Waals surface area contributed by atoms with Crippen molar-refractivity contribution in [1.29, 1.82) is 0 Å². The number of benzene rings is 1. The van der Waals surface area contributed by atoms with E-state index in [9.17, 15) is 18.4 Å². The average molecular weight is 364 g/mol. The summed E-state index contributed by atoms with van der Waals surface area (Å²) in [6, 6.07) is 6.07. The van der Waals surface area contributed by atoms with Crippen LogP contribution in [0.15, 0.2) is 24.3 Å². The molecule has 0 spiro atoms. The van der Waals surface area contributed by atoms with Gasteiger partial charge in [-0.05, 0) is 43.7 Å². The third-order valence-electron chi connectivity index (χ3n) is 5.57. The summed E-state index contributed by atoms with van der Waals surface area (Å²) in [6.45, 7) is -1.40. The maximum absolute atomic E-state index is 13.0. The molecule has 0 radical (unpaired) electrons. The number of carbonyl (C=O) groups excluding carboxylic acids is 2. The van der Waals surface area contributed by atoms with Gasteiger partial charge in [-0.1, -0.05) is 12.1 Å². The summed E-state index contributed by atoms with van der Waals surface area (Å²) in [7, 11) is 0. The monoisotopic (exact) mass is 364 g/mol. The number of halogens is 2. The maximum Gasteiger partial charge on any atom is 0.387 e. The molecule has 26 heavy (non-hydrogen) atoms. The van der Waals surface area contributed by atoms with Crippen molar-refractivity contribution in [3.63, 3.8) is 0 Å². The highest BCUT2D eigenvalue weighted by atomic mass is 19.3. The van der Waals surface area contributed by atoms with Gasteiger partial charge in [-0.3, -0.25) is 9.59 Å². The van der Waals surface area contributed by atoms with Crippen LogP contribution in [0.5, 0.6) is 5.75 Å². The Morgan fingerprint density at radius 1 is 1.15 bits per heavy atom. The minimum Gasteiger partial charge on any atom is -0.434 e. The van der Waals surface area contributed by atoms with E-state index in [0.717, 1.165) is 19.4 Å². The maximum atomic E-state index is 13.0. The van der Waals surface area contributed by atoms with E-state index in [0.29, 0.717) is 19.0 Å². The van der Waals surface area contributed by atoms with E-state index in [1.54, 1.807) is 17.0 Å². The lowest BCUT2D eigenvalue weighted by Crippen LogP contribution is -2.48. The van der Waals surface area contributed by atoms with Gasteiger partial charge in [0.25, 0.3) is 5.91 Å². The summed E-state index contributed by atoms with van der Waals surface area (Å²) in [5.41, 5.74) is 0.121. The highest BCUT2D eigenvalue weighted by Crippen LogP contribution is 2.36.